The molecule has 0 N–H and O–H groups in total. The van der Waals surface area contributed by atoms with E-state index >= 15 is 0 Å². The van der Waals surface area contributed by atoms with E-state index in [1.165, 1.54) is 154 Å². The molecule has 45 heavy (non-hydrogen) atoms. The van der Waals surface area contributed by atoms with Crippen molar-refractivity contribution in [1.29, 1.82) is 0 Å². The van der Waals surface area contributed by atoms with Crippen LogP contribution in [0.3, 0.4) is 0 Å². The summed E-state index contributed by atoms with van der Waals surface area (Å²) in [7, 11) is -7.29. The Bertz CT molecular complexity index is 831. The maximum absolute atomic E-state index is 12.1. The predicted molar refractivity (Wildman–Crippen MR) is 199 cm³/mol. The lowest BCUT2D eigenvalue weighted by Gasteiger charge is -2.03. The molecule has 0 heterocycles. The fourth-order valence-electron chi connectivity index (χ4n) is 5.85. The van der Waals surface area contributed by atoms with E-state index in [0.717, 1.165) is 38.5 Å². The van der Waals surface area contributed by atoms with Gasteiger partial charge in [-0.05, 0) is 12.8 Å². The summed E-state index contributed by atoms with van der Waals surface area (Å²) in [5.41, 5.74) is 0. The maximum atomic E-state index is 12.1. The van der Waals surface area contributed by atoms with E-state index in [-0.39, 0.29) is 11.5 Å². The Morgan fingerprint density at radius 2 is 0.489 bits per heavy atom. The predicted octanol–water partition coefficient (Wildman–Crippen LogP) is 12.6. The fraction of sp³-hybridized carbons (Fsp3) is 1.00. The zero-order chi connectivity index (χ0) is 33.2. The van der Waals surface area contributed by atoms with Crippen molar-refractivity contribution in [1.82, 2.24) is 0 Å². The second-order valence-corrected chi connectivity index (χ2v) is 17.9. The van der Waals surface area contributed by atoms with Gasteiger partial charge in [0.2, 0.25) is 0 Å². The van der Waals surface area contributed by atoms with Crippen LogP contribution in [0, 0.1) is 0 Å². The summed E-state index contributed by atoms with van der Waals surface area (Å²) in [6.45, 7) is 4.53. The molecule has 0 rings (SSSR count). The van der Waals surface area contributed by atoms with Gasteiger partial charge in [-0.3, -0.25) is 0 Å². The van der Waals surface area contributed by atoms with Gasteiger partial charge < -0.3 is 0 Å². The van der Waals surface area contributed by atoms with Crippen molar-refractivity contribution in [3.8, 4) is 0 Å². The molecule has 0 fully saturated rings. The highest BCUT2D eigenvalue weighted by Crippen LogP contribution is 2.15. The molecule has 0 aromatic rings. The van der Waals surface area contributed by atoms with Gasteiger partial charge in [0.05, 0.1) is 22.9 Å². The van der Waals surface area contributed by atoms with Crippen LogP contribution in [-0.4, -0.2) is 28.3 Å². The summed E-state index contributed by atoms with van der Waals surface area (Å²) >= 11 is 0.318. The van der Waals surface area contributed by atoms with E-state index in [9.17, 15) is 16.8 Å². The molecule has 0 amide bonds. The standard InChI is InChI=1S/C36H74N2O4S3/c1-3-5-7-9-11-13-15-17-19-21-23-25-27-29-31-33-35-44(39,40)37-43-38-45(41,42)36-34-32-30-28-26-24-22-20-18-16-14-12-10-8-6-4-2/h3-36H2,1-2H3. The Kier molecular flexibility index (Phi) is 33.4. The average Bonchev–Trinajstić information content (AvgIpc) is 3.00. The van der Waals surface area contributed by atoms with Crippen LogP contribution in [0.5, 0.6) is 0 Å². The van der Waals surface area contributed by atoms with Crippen molar-refractivity contribution >= 4 is 31.4 Å². The summed E-state index contributed by atoms with van der Waals surface area (Å²) in [5.74, 6) is -0.0692. The number of hydrogen-bond acceptors (Lipinski definition) is 4. The summed E-state index contributed by atoms with van der Waals surface area (Å²) in [4.78, 5) is 0. The van der Waals surface area contributed by atoms with Gasteiger partial charge in [-0.25, -0.2) is 16.8 Å². The van der Waals surface area contributed by atoms with Crippen LogP contribution in [0.1, 0.15) is 219 Å². The van der Waals surface area contributed by atoms with Gasteiger partial charge in [0.25, 0.3) is 20.0 Å². The molecule has 0 atom stereocenters. The quantitative estimate of drug-likeness (QED) is 0.0610. The lowest BCUT2D eigenvalue weighted by atomic mass is 10.0. The van der Waals surface area contributed by atoms with Gasteiger partial charge in [0.15, 0.2) is 0 Å². The Labute approximate surface area is 285 Å². The first kappa shape index (κ1) is 44.7. The molecule has 270 valence electrons. The number of hydrogen-bond donors (Lipinski definition) is 0. The summed E-state index contributed by atoms with van der Waals surface area (Å²) in [6.07, 6.45) is 39.6. The van der Waals surface area contributed by atoms with Crippen LogP contribution in [0.4, 0.5) is 0 Å². The van der Waals surface area contributed by atoms with Crippen molar-refractivity contribution in [2.24, 2.45) is 7.54 Å². The topological polar surface area (TPSA) is 93.0 Å². The van der Waals surface area contributed by atoms with E-state index in [2.05, 4.69) is 21.4 Å². The summed E-state index contributed by atoms with van der Waals surface area (Å²) < 4.78 is 55.6. The molecule has 0 saturated carbocycles. The molecule has 0 aromatic carbocycles. The lowest BCUT2D eigenvalue weighted by Crippen LogP contribution is -2.03. The average molecular weight is 695 g/mol. The molecule has 0 saturated heterocycles. The zero-order valence-electron chi connectivity index (χ0n) is 29.8. The number of nitrogens with zero attached hydrogens (tertiary/aromatic N) is 2. The second kappa shape index (κ2) is 33.6. The van der Waals surface area contributed by atoms with Crippen LogP contribution in [0.15, 0.2) is 7.54 Å². The van der Waals surface area contributed by atoms with Crippen LogP contribution in [-0.2, 0) is 31.4 Å². The molecular formula is C36H74N2O4S3. The monoisotopic (exact) mass is 694 g/mol. The Hall–Kier alpha value is -0.280. The molecule has 0 aliphatic heterocycles. The van der Waals surface area contributed by atoms with E-state index in [4.69, 9.17) is 0 Å². The van der Waals surface area contributed by atoms with Gasteiger partial charge >= 0.3 is 0 Å². The first-order chi connectivity index (χ1) is 21.8. The van der Waals surface area contributed by atoms with E-state index in [1.54, 1.807) is 0 Å². The van der Waals surface area contributed by atoms with Gasteiger partial charge in [-0.1, -0.05) is 214 Å². The molecular weight excluding hydrogens is 621 g/mol. The number of sulfonamides is 2. The molecule has 0 bridgehead atoms. The minimum absolute atomic E-state index is 0.0346. The van der Waals surface area contributed by atoms with E-state index in [0.29, 0.717) is 24.2 Å². The molecule has 0 unspecified atom stereocenters. The smallest absolute Gasteiger partial charge is 0.204 e. The summed E-state index contributed by atoms with van der Waals surface area (Å²) in [5, 5.41) is 0. The van der Waals surface area contributed by atoms with Gasteiger partial charge in [-0.2, -0.15) is 0 Å². The Balaban J connectivity index is 3.67. The molecule has 6 nitrogen and oxygen atoms in total. The highest BCUT2D eigenvalue weighted by Gasteiger charge is 2.09. The summed E-state index contributed by atoms with van der Waals surface area (Å²) in [6, 6.07) is 0. The highest BCUT2D eigenvalue weighted by molar-refractivity contribution is 7.97. The number of unbranched alkanes of at least 4 members (excludes halogenated alkanes) is 30. The van der Waals surface area contributed by atoms with Crippen LogP contribution in [0.2, 0.25) is 0 Å². The van der Waals surface area contributed by atoms with Crippen LogP contribution >= 0.6 is 0 Å². The second-order valence-electron chi connectivity index (χ2n) is 13.4. The molecule has 0 aromatic heterocycles. The molecule has 0 radical (unpaired) electrons. The van der Waals surface area contributed by atoms with Gasteiger partial charge in [0.1, 0.15) is 0 Å². The normalized spacial score (nSPS) is 12.0. The minimum Gasteiger partial charge on any atom is -0.204 e. The Morgan fingerprint density at radius 1 is 0.311 bits per heavy atom. The van der Waals surface area contributed by atoms with Crippen molar-refractivity contribution in [2.75, 3.05) is 11.5 Å². The first-order valence-corrected chi connectivity index (χ1v) is 23.3. The third-order valence-corrected chi connectivity index (χ3v) is 12.8. The molecule has 0 spiro atoms. The first-order valence-electron chi connectivity index (χ1n) is 19.4. The highest BCUT2D eigenvalue weighted by atomic mass is 32.3. The van der Waals surface area contributed by atoms with Crippen LogP contribution < -0.4 is 0 Å². The number of rotatable bonds is 36. The molecule has 0 aliphatic rings. The van der Waals surface area contributed by atoms with E-state index < -0.39 is 20.0 Å². The van der Waals surface area contributed by atoms with Crippen molar-refractivity contribution in [3.05, 3.63) is 0 Å². The SMILES string of the molecule is CCCCCCCCCCCCCCCCCCS(=O)(=O)N=S=NS(=O)(=O)CCCCCCCCCCCCCCCCCC. The zero-order valence-corrected chi connectivity index (χ0v) is 32.2. The molecule has 9 heteroatoms. The van der Waals surface area contributed by atoms with Gasteiger partial charge in [0, 0.05) is 0 Å². The van der Waals surface area contributed by atoms with Crippen LogP contribution in [0.25, 0.3) is 0 Å². The van der Waals surface area contributed by atoms with Crippen molar-refractivity contribution in [2.45, 2.75) is 219 Å². The lowest BCUT2D eigenvalue weighted by molar-refractivity contribution is 0.531. The fourth-order valence-corrected chi connectivity index (χ4v) is 8.76. The minimum atomic E-state index is -3.65. The van der Waals surface area contributed by atoms with Crippen molar-refractivity contribution < 1.29 is 16.8 Å². The maximum Gasteiger partial charge on any atom is 0.264 e. The Morgan fingerprint density at radius 3 is 0.689 bits per heavy atom. The van der Waals surface area contributed by atoms with E-state index in [1.807, 2.05) is 0 Å². The van der Waals surface area contributed by atoms with Crippen molar-refractivity contribution in [3.63, 3.8) is 0 Å². The molecule has 0 aliphatic carbocycles. The van der Waals surface area contributed by atoms with Gasteiger partial charge in [-0.15, -0.1) is 0 Å². The third-order valence-electron chi connectivity index (χ3n) is 8.81. The third kappa shape index (κ3) is 36.4. The largest absolute Gasteiger partial charge is 0.264 e.